The molecule has 1 aromatic heterocycles. The molecule has 1 aliphatic heterocycles. The largest absolute Gasteiger partial charge is 0.282 e. The van der Waals surface area contributed by atoms with Gasteiger partial charge in [0.15, 0.2) is 0 Å². The Bertz CT molecular complexity index is 894. The van der Waals surface area contributed by atoms with E-state index < -0.39 is 10.2 Å². The average molecular weight is 374 g/mol. The van der Waals surface area contributed by atoms with E-state index in [2.05, 4.69) is 42.2 Å². The molecule has 1 unspecified atom stereocenters. The molecule has 0 amide bonds. The number of aromatic nitrogens is 1. The number of aryl methyl sites for hydroxylation is 2. The van der Waals surface area contributed by atoms with E-state index in [9.17, 15) is 8.42 Å². The Morgan fingerprint density at radius 2 is 1.92 bits per heavy atom. The Balaban J connectivity index is 1.94. The minimum Gasteiger partial charge on any atom is -0.256 e. The van der Waals surface area contributed by atoms with Crippen molar-refractivity contribution < 1.29 is 8.42 Å². The summed E-state index contributed by atoms with van der Waals surface area (Å²) >= 11 is 0. The van der Waals surface area contributed by atoms with Crippen molar-refractivity contribution in [3.05, 3.63) is 64.5 Å². The summed E-state index contributed by atoms with van der Waals surface area (Å²) in [6.07, 6.45) is 2.50. The molecule has 1 fully saturated rings. The van der Waals surface area contributed by atoms with Crippen LogP contribution in [0.1, 0.15) is 47.0 Å². The maximum Gasteiger partial charge on any atom is 0.282 e. The van der Waals surface area contributed by atoms with Crippen LogP contribution < -0.4 is 0 Å². The molecule has 0 spiro atoms. The molecular formula is C20H27N3O2S. The molecule has 5 nitrogen and oxygen atoms in total. The molecule has 0 bridgehead atoms. The van der Waals surface area contributed by atoms with Crippen molar-refractivity contribution >= 4 is 10.2 Å². The lowest BCUT2D eigenvalue weighted by Gasteiger charge is -2.27. The first-order valence-electron chi connectivity index (χ1n) is 9.00. The highest BCUT2D eigenvalue weighted by Crippen LogP contribution is 2.34. The van der Waals surface area contributed by atoms with Crippen molar-refractivity contribution in [1.29, 1.82) is 0 Å². The van der Waals surface area contributed by atoms with Crippen molar-refractivity contribution in [2.24, 2.45) is 0 Å². The normalized spacial score (nSPS) is 18.6. The maximum atomic E-state index is 12.6. The first kappa shape index (κ1) is 19.0. The van der Waals surface area contributed by atoms with Gasteiger partial charge in [0.25, 0.3) is 10.2 Å². The molecule has 0 aliphatic carbocycles. The van der Waals surface area contributed by atoms with Crippen LogP contribution in [-0.2, 0) is 16.6 Å². The second-order valence-electron chi connectivity index (χ2n) is 7.20. The fraction of sp³-hybridized carbons (Fsp3) is 0.450. The van der Waals surface area contributed by atoms with Crippen molar-refractivity contribution in [3.8, 4) is 0 Å². The monoisotopic (exact) mass is 373 g/mol. The van der Waals surface area contributed by atoms with Gasteiger partial charge in [0, 0.05) is 26.3 Å². The fourth-order valence-corrected chi connectivity index (χ4v) is 4.91. The van der Waals surface area contributed by atoms with Gasteiger partial charge in [-0.05, 0) is 61.9 Å². The van der Waals surface area contributed by atoms with Crippen LogP contribution >= 0.6 is 0 Å². The Kier molecular flexibility index (Phi) is 5.46. The average Bonchev–Trinajstić information content (AvgIpc) is 3.07. The molecule has 1 aromatic carbocycles. The minimum absolute atomic E-state index is 0.182. The molecule has 1 aliphatic rings. The topological polar surface area (TPSA) is 53.5 Å². The smallest absolute Gasteiger partial charge is 0.256 e. The van der Waals surface area contributed by atoms with Crippen LogP contribution in [0.4, 0.5) is 0 Å². The van der Waals surface area contributed by atoms with Gasteiger partial charge < -0.3 is 0 Å². The van der Waals surface area contributed by atoms with Crippen molar-refractivity contribution in [2.75, 3.05) is 20.6 Å². The highest BCUT2D eigenvalue weighted by Gasteiger charge is 2.37. The molecule has 1 atom stereocenters. The summed E-state index contributed by atoms with van der Waals surface area (Å²) in [5, 5.41) is 0. The van der Waals surface area contributed by atoms with Crippen LogP contribution in [0, 0.1) is 13.8 Å². The van der Waals surface area contributed by atoms with Crippen molar-refractivity contribution in [1.82, 2.24) is 13.6 Å². The summed E-state index contributed by atoms with van der Waals surface area (Å²) in [4.78, 5) is 4.68. The van der Waals surface area contributed by atoms with Crippen LogP contribution in [0.3, 0.4) is 0 Å². The van der Waals surface area contributed by atoms with E-state index >= 15 is 0 Å². The summed E-state index contributed by atoms with van der Waals surface area (Å²) in [6.45, 7) is 4.64. The second kappa shape index (κ2) is 7.47. The van der Waals surface area contributed by atoms with E-state index in [1.54, 1.807) is 18.4 Å². The maximum absolute atomic E-state index is 12.6. The zero-order valence-corrected chi connectivity index (χ0v) is 16.8. The summed E-state index contributed by atoms with van der Waals surface area (Å²) in [5.41, 5.74) is 5.52. The lowest BCUT2D eigenvalue weighted by Crippen LogP contribution is -2.39. The van der Waals surface area contributed by atoms with Gasteiger partial charge in [-0.3, -0.25) is 4.98 Å². The molecular weight excluding hydrogens is 346 g/mol. The number of hydrogen-bond acceptors (Lipinski definition) is 3. The lowest BCUT2D eigenvalue weighted by atomic mass is 9.99. The summed E-state index contributed by atoms with van der Waals surface area (Å²) in [5.74, 6) is 0. The van der Waals surface area contributed by atoms with E-state index in [0.29, 0.717) is 6.54 Å². The molecule has 2 aromatic rings. The lowest BCUT2D eigenvalue weighted by molar-refractivity contribution is 0.357. The molecule has 0 radical (unpaired) electrons. The quantitative estimate of drug-likeness (QED) is 0.808. The third kappa shape index (κ3) is 3.82. The van der Waals surface area contributed by atoms with Crippen LogP contribution in [0.5, 0.6) is 0 Å². The third-order valence-corrected chi connectivity index (χ3v) is 6.94. The van der Waals surface area contributed by atoms with Crippen LogP contribution in [0.15, 0.2) is 36.4 Å². The van der Waals surface area contributed by atoms with Crippen LogP contribution in [0.25, 0.3) is 0 Å². The number of pyridine rings is 1. The zero-order chi connectivity index (χ0) is 18.9. The molecule has 3 rings (SSSR count). The Hall–Kier alpha value is -1.76. The molecule has 1 saturated heterocycles. The van der Waals surface area contributed by atoms with E-state index in [1.165, 1.54) is 21.0 Å². The zero-order valence-electron chi connectivity index (χ0n) is 15.9. The van der Waals surface area contributed by atoms with E-state index in [0.717, 1.165) is 30.7 Å². The van der Waals surface area contributed by atoms with Gasteiger partial charge in [-0.15, -0.1) is 0 Å². The first-order valence-corrected chi connectivity index (χ1v) is 10.4. The van der Waals surface area contributed by atoms with Gasteiger partial charge in [-0.25, -0.2) is 0 Å². The van der Waals surface area contributed by atoms with Gasteiger partial charge in [0.05, 0.1) is 11.7 Å². The van der Waals surface area contributed by atoms with Crippen LogP contribution in [0.2, 0.25) is 0 Å². The summed E-state index contributed by atoms with van der Waals surface area (Å²) in [7, 11) is -0.276. The highest BCUT2D eigenvalue weighted by molar-refractivity contribution is 7.86. The molecule has 0 N–H and O–H groups in total. The van der Waals surface area contributed by atoms with Crippen molar-refractivity contribution in [2.45, 2.75) is 39.2 Å². The van der Waals surface area contributed by atoms with E-state index in [1.807, 2.05) is 13.0 Å². The first-order chi connectivity index (χ1) is 12.3. The number of benzene rings is 1. The van der Waals surface area contributed by atoms with Gasteiger partial charge in [-0.2, -0.15) is 17.0 Å². The Morgan fingerprint density at radius 1 is 1.19 bits per heavy atom. The standard InChI is InChI=1S/C20H27N3O2S/c1-15-8-5-6-9-18(15)13-17-12-16(2)21-19(14-17)20-10-7-11-23(20)26(24,25)22(3)4/h5-6,8-9,12,14,20H,7,10-11,13H2,1-4H3. The highest BCUT2D eigenvalue weighted by atomic mass is 32.2. The predicted octanol–water partition coefficient (Wildman–Crippen LogP) is 3.23. The molecule has 2 heterocycles. The van der Waals surface area contributed by atoms with Gasteiger partial charge in [0.1, 0.15) is 0 Å². The number of rotatable bonds is 5. The summed E-state index contributed by atoms with van der Waals surface area (Å²) in [6, 6.07) is 12.3. The predicted molar refractivity (Wildman–Crippen MR) is 104 cm³/mol. The fourth-order valence-electron chi connectivity index (χ4n) is 3.59. The molecule has 0 saturated carbocycles. The SMILES string of the molecule is Cc1cc(Cc2ccccc2C)cc(C2CCCN2S(=O)(=O)N(C)C)n1. The van der Waals surface area contributed by atoms with Crippen molar-refractivity contribution in [3.63, 3.8) is 0 Å². The minimum atomic E-state index is -3.44. The van der Waals surface area contributed by atoms with E-state index in [4.69, 9.17) is 0 Å². The number of hydrogen-bond donors (Lipinski definition) is 0. The molecule has 26 heavy (non-hydrogen) atoms. The Morgan fingerprint density at radius 3 is 2.62 bits per heavy atom. The third-order valence-electron chi connectivity index (χ3n) is 4.99. The second-order valence-corrected chi connectivity index (χ2v) is 9.30. The van der Waals surface area contributed by atoms with Crippen LogP contribution in [-0.4, -0.2) is 42.7 Å². The Labute approximate surface area is 156 Å². The molecule has 140 valence electrons. The van der Waals surface area contributed by atoms with E-state index in [-0.39, 0.29) is 6.04 Å². The molecule has 6 heteroatoms. The summed E-state index contributed by atoms with van der Waals surface area (Å²) < 4.78 is 28.2. The van der Waals surface area contributed by atoms with Gasteiger partial charge in [-0.1, -0.05) is 24.3 Å². The van der Waals surface area contributed by atoms with Gasteiger partial charge in [0.2, 0.25) is 0 Å². The van der Waals surface area contributed by atoms with Gasteiger partial charge >= 0.3 is 0 Å². The number of nitrogens with zero attached hydrogens (tertiary/aromatic N) is 3.